The predicted octanol–water partition coefficient (Wildman–Crippen LogP) is 2.55. The summed E-state index contributed by atoms with van der Waals surface area (Å²) in [6.07, 6.45) is 0.751. The number of rotatable bonds is 4. The number of nitrogens with zero attached hydrogens (tertiary/aromatic N) is 3. The highest BCUT2D eigenvalue weighted by atomic mass is 16.5. The van der Waals surface area contributed by atoms with E-state index in [1.165, 1.54) is 0 Å². The van der Waals surface area contributed by atoms with Gasteiger partial charge in [-0.15, -0.1) is 0 Å². The van der Waals surface area contributed by atoms with Gasteiger partial charge in [0.05, 0.1) is 7.11 Å². The molecule has 0 aliphatic carbocycles. The van der Waals surface area contributed by atoms with Crippen LogP contribution in [0.3, 0.4) is 0 Å². The fraction of sp³-hybridized carbons (Fsp3) is 0.333. The van der Waals surface area contributed by atoms with Crippen molar-refractivity contribution in [2.75, 3.05) is 13.7 Å². The number of hydrogen-bond donors (Lipinski definition) is 0. The molecule has 0 aliphatic rings. The number of benzene rings is 1. The van der Waals surface area contributed by atoms with E-state index in [-0.39, 0.29) is 0 Å². The molecule has 0 saturated carbocycles. The molecule has 0 aromatic heterocycles. The van der Waals surface area contributed by atoms with E-state index in [1.54, 1.807) is 7.11 Å². The smallest absolute Gasteiger partial charge is 0.119 e. The van der Waals surface area contributed by atoms with E-state index < -0.39 is 0 Å². The van der Waals surface area contributed by atoms with Crippen LogP contribution >= 0.6 is 0 Å². The summed E-state index contributed by atoms with van der Waals surface area (Å²) in [5, 5.41) is 3.46. The molecule has 4 heteroatoms. The van der Waals surface area contributed by atoms with Crippen LogP contribution in [-0.4, -0.2) is 13.7 Å². The van der Waals surface area contributed by atoms with Crippen LogP contribution < -0.4 is 4.74 Å². The Balaban J connectivity index is 2.60. The number of hydrogen-bond acceptors (Lipinski definition) is 2. The van der Waals surface area contributed by atoms with E-state index in [4.69, 9.17) is 10.3 Å². The molecule has 0 atom stereocenters. The largest absolute Gasteiger partial charge is 0.497 e. The maximum absolute atomic E-state index is 8.08. The quantitative estimate of drug-likeness (QED) is 0.396. The van der Waals surface area contributed by atoms with Crippen LogP contribution in [0.25, 0.3) is 10.4 Å². The molecule has 0 aliphatic heterocycles. The third-order valence-electron chi connectivity index (χ3n) is 1.70. The Hall–Kier alpha value is -1.67. The zero-order chi connectivity index (χ0) is 9.52. The molecule has 68 valence electrons. The zero-order valence-corrected chi connectivity index (χ0v) is 7.47. The van der Waals surface area contributed by atoms with Gasteiger partial charge in [-0.3, -0.25) is 0 Å². The first-order chi connectivity index (χ1) is 6.36. The lowest BCUT2D eigenvalue weighted by molar-refractivity contribution is 0.414. The summed E-state index contributed by atoms with van der Waals surface area (Å²) in [5.74, 6) is 0.832. The van der Waals surface area contributed by atoms with E-state index >= 15 is 0 Å². The molecular weight excluding hydrogens is 166 g/mol. The van der Waals surface area contributed by atoms with E-state index in [1.807, 2.05) is 24.3 Å². The van der Waals surface area contributed by atoms with Crippen molar-refractivity contribution < 1.29 is 4.74 Å². The fourth-order valence-electron chi connectivity index (χ4n) is 1.05. The Labute approximate surface area is 76.8 Å². The van der Waals surface area contributed by atoms with Gasteiger partial charge in [-0.1, -0.05) is 17.2 Å². The molecule has 1 aromatic rings. The van der Waals surface area contributed by atoms with Gasteiger partial charge < -0.3 is 4.74 Å². The standard InChI is InChI=1S/C9H11N3O/c1-13-9-4-2-3-8(7-9)5-6-11-12-10/h2-4,7H,5-6H2,1H3. The van der Waals surface area contributed by atoms with Crippen molar-refractivity contribution in [1.29, 1.82) is 0 Å². The van der Waals surface area contributed by atoms with Crippen LogP contribution in [0, 0.1) is 0 Å². The Kier molecular flexibility index (Phi) is 3.67. The highest BCUT2D eigenvalue weighted by Gasteiger charge is 1.94. The summed E-state index contributed by atoms with van der Waals surface area (Å²) in [4.78, 5) is 2.69. The third-order valence-corrected chi connectivity index (χ3v) is 1.70. The van der Waals surface area contributed by atoms with E-state index in [2.05, 4.69) is 10.0 Å². The van der Waals surface area contributed by atoms with E-state index in [0.29, 0.717) is 6.54 Å². The Bertz CT molecular complexity index is 318. The topological polar surface area (TPSA) is 58.0 Å². The minimum absolute atomic E-state index is 0.490. The highest BCUT2D eigenvalue weighted by Crippen LogP contribution is 2.12. The second-order valence-electron chi connectivity index (χ2n) is 2.56. The van der Waals surface area contributed by atoms with Crippen LogP contribution in [0.5, 0.6) is 5.75 Å². The molecule has 0 spiro atoms. The van der Waals surface area contributed by atoms with Gasteiger partial charge in [0.2, 0.25) is 0 Å². The lowest BCUT2D eigenvalue weighted by Crippen LogP contribution is -1.89. The van der Waals surface area contributed by atoms with Crippen LogP contribution in [0.1, 0.15) is 5.56 Å². The zero-order valence-electron chi connectivity index (χ0n) is 7.47. The Morgan fingerprint density at radius 1 is 1.54 bits per heavy atom. The van der Waals surface area contributed by atoms with Gasteiger partial charge in [-0.25, -0.2) is 0 Å². The molecule has 1 rings (SSSR count). The molecule has 0 saturated heterocycles. The second kappa shape index (κ2) is 5.06. The first kappa shape index (κ1) is 9.42. The molecule has 4 nitrogen and oxygen atoms in total. The van der Waals surface area contributed by atoms with Crippen molar-refractivity contribution in [3.63, 3.8) is 0 Å². The maximum atomic E-state index is 8.08. The molecule has 0 fully saturated rings. The van der Waals surface area contributed by atoms with Gasteiger partial charge in [-0.05, 0) is 29.6 Å². The van der Waals surface area contributed by atoms with Crippen molar-refractivity contribution in [2.45, 2.75) is 6.42 Å². The lowest BCUT2D eigenvalue weighted by atomic mass is 10.1. The number of azide groups is 1. The maximum Gasteiger partial charge on any atom is 0.119 e. The second-order valence-corrected chi connectivity index (χ2v) is 2.56. The molecule has 0 N–H and O–H groups in total. The summed E-state index contributed by atoms with van der Waals surface area (Å²) < 4.78 is 5.06. The summed E-state index contributed by atoms with van der Waals surface area (Å²) in [7, 11) is 1.63. The van der Waals surface area contributed by atoms with Gasteiger partial charge in [0, 0.05) is 11.5 Å². The van der Waals surface area contributed by atoms with Crippen molar-refractivity contribution >= 4 is 0 Å². The van der Waals surface area contributed by atoms with Crippen LogP contribution in [-0.2, 0) is 6.42 Å². The van der Waals surface area contributed by atoms with Gasteiger partial charge in [0.25, 0.3) is 0 Å². The number of ether oxygens (including phenoxy) is 1. The van der Waals surface area contributed by atoms with Gasteiger partial charge in [0.1, 0.15) is 5.75 Å². The summed E-state index contributed by atoms with van der Waals surface area (Å²) in [5.41, 5.74) is 9.20. The molecule has 0 unspecified atom stereocenters. The normalized spacial score (nSPS) is 9.00. The average molecular weight is 177 g/mol. The minimum Gasteiger partial charge on any atom is -0.497 e. The molecule has 1 aromatic carbocycles. The summed E-state index contributed by atoms with van der Waals surface area (Å²) >= 11 is 0. The van der Waals surface area contributed by atoms with Crippen LogP contribution in [0.2, 0.25) is 0 Å². The Morgan fingerprint density at radius 2 is 2.38 bits per heavy atom. The van der Waals surface area contributed by atoms with Gasteiger partial charge in [0.15, 0.2) is 0 Å². The molecule has 13 heavy (non-hydrogen) atoms. The van der Waals surface area contributed by atoms with Crippen LogP contribution in [0.4, 0.5) is 0 Å². The average Bonchev–Trinajstić information content (AvgIpc) is 2.19. The fourth-order valence-corrected chi connectivity index (χ4v) is 1.05. The SMILES string of the molecule is COc1cccc(CCN=[N+]=[N-])c1. The van der Waals surface area contributed by atoms with Crippen molar-refractivity contribution in [2.24, 2.45) is 5.11 Å². The highest BCUT2D eigenvalue weighted by molar-refractivity contribution is 5.28. The molecule has 0 heterocycles. The summed E-state index contributed by atoms with van der Waals surface area (Å²) in [6.45, 7) is 0.490. The Morgan fingerprint density at radius 3 is 3.08 bits per heavy atom. The summed E-state index contributed by atoms with van der Waals surface area (Å²) in [6, 6.07) is 7.73. The van der Waals surface area contributed by atoms with E-state index in [9.17, 15) is 0 Å². The van der Waals surface area contributed by atoms with Crippen molar-refractivity contribution in [3.8, 4) is 5.75 Å². The minimum atomic E-state index is 0.490. The molecule has 0 radical (unpaired) electrons. The third kappa shape index (κ3) is 3.05. The van der Waals surface area contributed by atoms with Crippen molar-refractivity contribution in [3.05, 3.63) is 40.3 Å². The number of methoxy groups -OCH3 is 1. The first-order valence-electron chi connectivity index (χ1n) is 4.00. The van der Waals surface area contributed by atoms with Crippen molar-refractivity contribution in [1.82, 2.24) is 0 Å². The molecule has 0 amide bonds. The lowest BCUT2D eigenvalue weighted by Gasteiger charge is -2.01. The van der Waals surface area contributed by atoms with Crippen LogP contribution in [0.15, 0.2) is 29.4 Å². The monoisotopic (exact) mass is 177 g/mol. The predicted molar refractivity (Wildman–Crippen MR) is 50.7 cm³/mol. The van der Waals surface area contributed by atoms with Gasteiger partial charge >= 0.3 is 0 Å². The first-order valence-corrected chi connectivity index (χ1v) is 4.00. The molecular formula is C9H11N3O. The van der Waals surface area contributed by atoms with Gasteiger partial charge in [-0.2, -0.15) is 0 Å². The van der Waals surface area contributed by atoms with E-state index in [0.717, 1.165) is 17.7 Å². The molecule has 0 bridgehead atoms.